The fraction of sp³-hybridized carbons (Fsp3) is 0.895. The molecule has 1 rings (SSSR count). The van der Waals surface area contributed by atoms with Crippen LogP contribution < -0.4 is 0 Å². The molecule has 0 bridgehead atoms. The first-order chi connectivity index (χ1) is 11.3. The summed E-state index contributed by atoms with van der Waals surface area (Å²) in [6.07, 6.45) is 2.02. The molecule has 0 aromatic rings. The number of amides is 2. The second kappa shape index (κ2) is 7.73. The van der Waals surface area contributed by atoms with Crippen LogP contribution in [-0.4, -0.2) is 52.0 Å². The van der Waals surface area contributed by atoms with Gasteiger partial charge in [-0.1, -0.05) is 27.7 Å². The SMILES string of the molecule is CC[C@@]1(CCCCCl)C(=O)N(C)[C@H](C(C)(C)C)N1C(=O)OC(C)(C)C. The molecule has 0 aromatic carbocycles. The minimum absolute atomic E-state index is 0.00430. The molecule has 0 radical (unpaired) electrons. The van der Waals surface area contributed by atoms with Crippen LogP contribution in [0, 0.1) is 5.41 Å². The number of likely N-dealkylation sites (N-methyl/N-ethyl adjacent to an activating group) is 1. The minimum atomic E-state index is -0.860. The van der Waals surface area contributed by atoms with Crippen molar-refractivity contribution in [2.75, 3.05) is 12.9 Å². The summed E-state index contributed by atoms with van der Waals surface area (Å²) in [5.41, 5.74) is -1.76. The Balaban J connectivity index is 3.38. The molecule has 1 heterocycles. The van der Waals surface area contributed by atoms with Gasteiger partial charge < -0.3 is 9.64 Å². The molecule has 1 saturated heterocycles. The molecule has 0 N–H and O–H groups in total. The predicted octanol–water partition coefficient (Wildman–Crippen LogP) is 4.63. The molecular formula is C19H35ClN2O3. The van der Waals surface area contributed by atoms with Gasteiger partial charge in [0.2, 0.25) is 5.91 Å². The van der Waals surface area contributed by atoms with Crippen LogP contribution in [0.3, 0.4) is 0 Å². The first-order valence-corrected chi connectivity index (χ1v) is 9.71. The van der Waals surface area contributed by atoms with Crippen molar-refractivity contribution in [2.45, 2.75) is 91.5 Å². The van der Waals surface area contributed by atoms with Gasteiger partial charge in [0.25, 0.3) is 0 Å². The number of hydrogen-bond acceptors (Lipinski definition) is 3. The molecule has 2 atom stereocenters. The Morgan fingerprint density at radius 3 is 2.16 bits per heavy atom. The molecule has 0 unspecified atom stereocenters. The highest BCUT2D eigenvalue weighted by molar-refractivity contribution is 6.17. The van der Waals surface area contributed by atoms with E-state index in [0.717, 1.165) is 12.8 Å². The summed E-state index contributed by atoms with van der Waals surface area (Å²) >= 11 is 5.83. The van der Waals surface area contributed by atoms with Crippen molar-refractivity contribution >= 4 is 23.6 Å². The van der Waals surface area contributed by atoms with Crippen LogP contribution in [0.15, 0.2) is 0 Å². The van der Waals surface area contributed by atoms with E-state index in [4.69, 9.17) is 16.3 Å². The summed E-state index contributed by atoms with van der Waals surface area (Å²) in [4.78, 5) is 29.8. The summed E-state index contributed by atoms with van der Waals surface area (Å²) in [5, 5.41) is 0. The number of unbranched alkanes of at least 4 members (excludes halogenated alkanes) is 1. The fourth-order valence-electron chi connectivity index (χ4n) is 3.74. The lowest BCUT2D eigenvalue weighted by Gasteiger charge is -2.43. The lowest BCUT2D eigenvalue weighted by atomic mass is 9.86. The molecule has 0 aromatic heterocycles. The minimum Gasteiger partial charge on any atom is -0.444 e. The maximum atomic E-state index is 13.2. The van der Waals surface area contributed by atoms with Gasteiger partial charge in [0.05, 0.1) is 0 Å². The van der Waals surface area contributed by atoms with Gasteiger partial charge in [0, 0.05) is 18.3 Å². The molecule has 5 nitrogen and oxygen atoms in total. The molecule has 6 heteroatoms. The summed E-state index contributed by atoms with van der Waals surface area (Å²) < 4.78 is 5.69. The van der Waals surface area contributed by atoms with Crippen molar-refractivity contribution in [1.82, 2.24) is 9.80 Å². The van der Waals surface area contributed by atoms with Crippen LogP contribution >= 0.6 is 11.6 Å². The number of halogens is 1. The van der Waals surface area contributed by atoms with Gasteiger partial charge in [-0.15, -0.1) is 11.6 Å². The van der Waals surface area contributed by atoms with Crippen molar-refractivity contribution in [3.05, 3.63) is 0 Å². The Kier molecular flexibility index (Phi) is 6.82. The molecule has 0 aliphatic carbocycles. The van der Waals surface area contributed by atoms with Crippen molar-refractivity contribution in [1.29, 1.82) is 0 Å². The highest BCUT2D eigenvalue weighted by Crippen LogP contribution is 2.44. The molecule has 1 aliphatic rings. The van der Waals surface area contributed by atoms with Gasteiger partial charge in [-0.05, 0) is 46.5 Å². The van der Waals surface area contributed by atoms with Crippen LogP contribution in [0.2, 0.25) is 0 Å². The summed E-state index contributed by atoms with van der Waals surface area (Å²) in [7, 11) is 1.79. The van der Waals surface area contributed by atoms with Crippen LogP contribution in [0.25, 0.3) is 0 Å². The zero-order valence-electron chi connectivity index (χ0n) is 17.1. The quantitative estimate of drug-likeness (QED) is 0.520. The number of nitrogens with zero attached hydrogens (tertiary/aromatic N) is 2. The third kappa shape index (κ3) is 4.60. The average molecular weight is 375 g/mol. The first-order valence-electron chi connectivity index (χ1n) is 9.17. The van der Waals surface area contributed by atoms with Gasteiger partial charge >= 0.3 is 6.09 Å². The summed E-state index contributed by atoms with van der Waals surface area (Å²) in [5.74, 6) is 0.550. The largest absolute Gasteiger partial charge is 0.444 e. The zero-order chi connectivity index (χ0) is 19.6. The van der Waals surface area contributed by atoms with Gasteiger partial charge in [-0.2, -0.15) is 0 Å². The lowest BCUT2D eigenvalue weighted by Crippen LogP contribution is -2.57. The normalized spacial score (nSPS) is 24.8. The van der Waals surface area contributed by atoms with E-state index in [0.29, 0.717) is 18.7 Å². The predicted molar refractivity (Wildman–Crippen MR) is 102 cm³/mol. The second-order valence-electron chi connectivity index (χ2n) is 9.04. The van der Waals surface area contributed by atoms with E-state index in [1.165, 1.54) is 0 Å². The van der Waals surface area contributed by atoms with Gasteiger partial charge in [-0.25, -0.2) is 4.79 Å². The van der Waals surface area contributed by atoms with E-state index in [1.807, 2.05) is 48.5 Å². The standard InChI is InChI=1S/C19H35ClN2O3/c1-9-19(12-10-11-13-20)15(23)21(8)14(17(2,3)4)22(19)16(24)25-18(5,6)7/h14H,9-13H2,1-8H3/t14-,19+/m0/s1. The molecule has 25 heavy (non-hydrogen) atoms. The highest BCUT2D eigenvalue weighted by Gasteiger charge is 2.60. The van der Waals surface area contributed by atoms with Gasteiger partial charge in [0.15, 0.2) is 0 Å². The van der Waals surface area contributed by atoms with Crippen molar-refractivity contribution in [3.8, 4) is 0 Å². The number of carbonyl (C=O) groups excluding carboxylic acids is 2. The monoisotopic (exact) mass is 374 g/mol. The van der Waals surface area contributed by atoms with E-state index < -0.39 is 17.2 Å². The molecule has 1 fully saturated rings. The van der Waals surface area contributed by atoms with Crippen LogP contribution in [-0.2, 0) is 9.53 Å². The van der Waals surface area contributed by atoms with E-state index in [2.05, 4.69) is 0 Å². The van der Waals surface area contributed by atoms with Crippen molar-refractivity contribution < 1.29 is 14.3 Å². The first kappa shape index (κ1) is 22.1. The second-order valence-corrected chi connectivity index (χ2v) is 9.42. The Morgan fingerprint density at radius 1 is 1.20 bits per heavy atom. The average Bonchev–Trinajstić information content (AvgIpc) is 2.67. The maximum Gasteiger partial charge on any atom is 0.412 e. The van der Waals surface area contributed by atoms with Crippen LogP contribution in [0.4, 0.5) is 4.79 Å². The summed E-state index contributed by atoms with van der Waals surface area (Å²) in [6.45, 7) is 13.6. The third-order valence-electron chi connectivity index (χ3n) is 4.71. The number of hydrogen-bond donors (Lipinski definition) is 0. The molecule has 2 amide bonds. The number of rotatable bonds is 5. The molecule has 1 aliphatic heterocycles. The van der Waals surface area contributed by atoms with Crippen LogP contribution in [0.5, 0.6) is 0 Å². The number of alkyl halides is 1. The smallest absolute Gasteiger partial charge is 0.412 e. The number of carbonyl (C=O) groups is 2. The number of ether oxygens (including phenoxy) is 1. The van der Waals surface area contributed by atoms with Crippen molar-refractivity contribution in [3.63, 3.8) is 0 Å². The lowest BCUT2D eigenvalue weighted by molar-refractivity contribution is -0.133. The molecule has 0 spiro atoms. The van der Waals surface area contributed by atoms with E-state index in [9.17, 15) is 9.59 Å². The molecule has 146 valence electrons. The Hall–Kier alpha value is -0.970. The summed E-state index contributed by atoms with van der Waals surface area (Å²) in [6, 6.07) is 0. The van der Waals surface area contributed by atoms with Gasteiger partial charge in [-0.3, -0.25) is 9.69 Å². The highest BCUT2D eigenvalue weighted by atomic mass is 35.5. The Bertz CT molecular complexity index is 496. The molecular weight excluding hydrogens is 340 g/mol. The van der Waals surface area contributed by atoms with Crippen LogP contribution in [0.1, 0.15) is 74.1 Å². The fourth-order valence-corrected chi connectivity index (χ4v) is 3.93. The Morgan fingerprint density at radius 2 is 1.76 bits per heavy atom. The Labute approximate surface area is 158 Å². The maximum absolute atomic E-state index is 13.2. The molecule has 0 saturated carbocycles. The van der Waals surface area contributed by atoms with E-state index >= 15 is 0 Å². The van der Waals surface area contributed by atoms with Gasteiger partial charge in [0.1, 0.15) is 17.3 Å². The topological polar surface area (TPSA) is 49.9 Å². The van der Waals surface area contributed by atoms with E-state index in [-0.39, 0.29) is 17.5 Å². The zero-order valence-corrected chi connectivity index (χ0v) is 17.9. The third-order valence-corrected chi connectivity index (χ3v) is 4.98. The van der Waals surface area contributed by atoms with Crippen molar-refractivity contribution in [2.24, 2.45) is 5.41 Å². The van der Waals surface area contributed by atoms with E-state index in [1.54, 1.807) is 16.8 Å².